The van der Waals surface area contributed by atoms with Crippen LogP contribution in [0.3, 0.4) is 0 Å². The van der Waals surface area contributed by atoms with Crippen molar-refractivity contribution in [1.29, 1.82) is 0 Å². The molecule has 1 heterocycles. The van der Waals surface area contributed by atoms with E-state index in [4.69, 9.17) is 21.1 Å². The summed E-state index contributed by atoms with van der Waals surface area (Å²) < 4.78 is 25.5. The summed E-state index contributed by atoms with van der Waals surface area (Å²) in [5, 5.41) is 4.38. The van der Waals surface area contributed by atoms with Crippen LogP contribution in [0.1, 0.15) is 27.2 Å². The van der Waals surface area contributed by atoms with Crippen LogP contribution >= 0.6 is 11.6 Å². The minimum Gasteiger partial charge on any atom is -0.489 e. The maximum Gasteiger partial charge on any atom is 0.343 e. The van der Waals surface area contributed by atoms with Gasteiger partial charge in [0.15, 0.2) is 0 Å². The fourth-order valence-corrected chi connectivity index (χ4v) is 3.21. The van der Waals surface area contributed by atoms with Crippen molar-refractivity contribution >= 4 is 17.6 Å². The molecule has 0 spiro atoms. The molecule has 0 atom stereocenters. The lowest BCUT2D eigenvalue weighted by Gasteiger charge is -2.12. The van der Waals surface area contributed by atoms with Crippen LogP contribution in [0, 0.1) is 26.6 Å². The normalized spacial score (nSPS) is 10.8. The predicted octanol–water partition coefficient (Wildman–Crippen LogP) is 4.83. The number of halogens is 2. The number of hydrogen-bond acceptors (Lipinski definition) is 4. The van der Waals surface area contributed by atoms with E-state index in [2.05, 4.69) is 5.10 Å². The van der Waals surface area contributed by atoms with Gasteiger partial charge >= 0.3 is 5.97 Å². The first-order valence-electron chi connectivity index (χ1n) is 8.75. The summed E-state index contributed by atoms with van der Waals surface area (Å²) in [6.07, 6.45) is 0. The maximum atomic E-state index is 13.1. The third kappa shape index (κ3) is 4.17. The van der Waals surface area contributed by atoms with Crippen molar-refractivity contribution in [3.8, 4) is 11.4 Å². The van der Waals surface area contributed by atoms with Gasteiger partial charge in [0.25, 0.3) is 0 Å². The topological polar surface area (TPSA) is 53.4 Å². The molecule has 0 aliphatic carbocycles. The van der Waals surface area contributed by atoms with E-state index in [1.54, 1.807) is 6.92 Å². The van der Waals surface area contributed by atoms with Gasteiger partial charge in [-0.15, -0.1) is 0 Å². The van der Waals surface area contributed by atoms with Gasteiger partial charge in [0.2, 0.25) is 0 Å². The molecular weight excluding hydrogens is 383 g/mol. The van der Waals surface area contributed by atoms with E-state index in [9.17, 15) is 9.18 Å². The van der Waals surface area contributed by atoms with Crippen molar-refractivity contribution in [3.63, 3.8) is 0 Å². The molecule has 146 valence electrons. The summed E-state index contributed by atoms with van der Waals surface area (Å²) in [7, 11) is 0. The van der Waals surface area contributed by atoms with Crippen molar-refractivity contribution in [2.75, 3.05) is 13.2 Å². The fraction of sp³-hybridized carbons (Fsp3) is 0.238. The van der Waals surface area contributed by atoms with Crippen molar-refractivity contribution in [3.05, 3.63) is 75.8 Å². The lowest BCUT2D eigenvalue weighted by Crippen LogP contribution is -2.14. The summed E-state index contributed by atoms with van der Waals surface area (Å²) in [4.78, 5) is 12.5. The van der Waals surface area contributed by atoms with Gasteiger partial charge in [-0.1, -0.05) is 29.8 Å². The van der Waals surface area contributed by atoms with E-state index >= 15 is 0 Å². The lowest BCUT2D eigenvalue weighted by atomic mass is 10.1. The van der Waals surface area contributed by atoms with Crippen LogP contribution in [0.5, 0.6) is 5.75 Å². The first kappa shape index (κ1) is 19.9. The molecule has 0 radical (unpaired) electrons. The molecule has 2 aromatic carbocycles. The summed E-state index contributed by atoms with van der Waals surface area (Å²) in [6.45, 7) is 5.88. The van der Waals surface area contributed by atoms with Crippen molar-refractivity contribution < 1.29 is 18.7 Å². The average Bonchev–Trinajstić information content (AvgIpc) is 2.95. The fourth-order valence-electron chi connectivity index (χ4n) is 2.86. The Morgan fingerprint density at radius 3 is 2.36 bits per heavy atom. The van der Waals surface area contributed by atoms with Crippen LogP contribution in [0.25, 0.3) is 5.69 Å². The lowest BCUT2D eigenvalue weighted by molar-refractivity contribution is 0.0449. The molecular formula is C21H20ClFN2O3. The highest BCUT2D eigenvalue weighted by atomic mass is 35.5. The Bertz CT molecular complexity index is 979. The quantitative estimate of drug-likeness (QED) is 0.438. The molecule has 0 saturated heterocycles. The zero-order chi connectivity index (χ0) is 20.3. The Labute approximate surface area is 167 Å². The number of esters is 1. The molecule has 7 heteroatoms. The zero-order valence-electron chi connectivity index (χ0n) is 15.8. The summed E-state index contributed by atoms with van der Waals surface area (Å²) in [6, 6.07) is 11.5. The molecule has 3 aromatic rings. The van der Waals surface area contributed by atoms with E-state index in [-0.39, 0.29) is 29.7 Å². The molecule has 5 nitrogen and oxygen atoms in total. The number of benzene rings is 2. The van der Waals surface area contributed by atoms with Crippen LogP contribution in [-0.4, -0.2) is 29.0 Å². The minimum atomic E-state index is -0.582. The van der Waals surface area contributed by atoms with Crippen LogP contribution in [0.4, 0.5) is 4.39 Å². The summed E-state index contributed by atoms with van der Waals surface area (Å²) >= 11 is 6.32. The zero-order valence-corrected chi connectivity index (χ0v) is 16.6. The Kier molecular flexibility index (Phi) is 5.99. The number of carbonyl (C=O) groups is 1. The standard InChI is InChI=1S/C21H20ClFN2O3/c1-13-5-4-6-14(2)19(13)27-11-12-28-21(26)18-15(3)24-25(20(18)22)17-9-7-16(23)8-10-17/h4-10H,11-12H2,1-3H3. The highest BCUT2D eigenvalue weighted by Crippen LogP contribution is 2.25. The molecule has 1 aromatic heterocycles. The summed E-state index contributed by atoms with van der Waals surface area (Å²) in [5.74, 6) is -0.162. The molecule has 3 rings (SSSR count). The molecule has 0 fully saturated rings. The molecule has 0 bridgehead atoms. The monoisotopic (exact) mass is 402 g/mol. The third-order valence-corrected chi connectivity index (χ3v) is 4.60. The average molecular weight is 403 g/mol. The number of carbonyl (C=O) groups excluding carboxylic acids is 1. The first-order valence-corrected chi connectivity index (χ1v) is 9.13. The molecule has 0 saturated carbocycles. The first-order chi connectivity index (χ1) is 13.4. The number of aromatic nitrogens is 2. The largest absolute Gasteiger partial charge is 0.489 e. The second-order valence-corrected chi connectivity index (χ2v) is 6.70. The Morgan fingerprint density at radius 2 is 1.71 bits per heavy atom. The van der Waals surface area contributed by atoms with Crippen molar-refractivity contribution in [1.82, 2.24) is 9.78 Å². The highest BCUT2D eigenvalue weighted by Gasteiger charge is 2.22. The van der Waals surface area contributed by atoms with E-state index in [1.165, 1.54) is 28.9 Å². The molecule has 0 unspecified atom stereocenters. The van der Waals surface area contributed by atoms with Gasteiger partial charge in [0.05, 0.1) is 11.4 Å². The van der Waals surface area contributed by atoms with Gasteiger partial charge in [-0.05, 0) is 56.2 Å². The second-order valence-electron chi connectivity index (χ2n) is 6.34. The van der Waals surface area contributed by atoms with Crippen LogP contribution in [-0.2, 0) is 4.74 Å². The van der Waals surface area contributed by atoms with Crippen molar-refractivity contribution in [2.24, 2.45) is 0 Å². The third-order valence-electron chi connectivity index (χ3n) is 4.25. The number of hydrogen-bond donors (Lipinski definition) is 0. The van der Waals surface area contributed by atoms with E-state index in [1.807, 2.05) is 32.0 Å². The number of rotatable bonds is 6. The Hall–Kier alpha value is -2.86. The second kappa shape index (κ2) is 8.44. The number of para-hydroxylation sites is 1. The maximum absolute atomic E-state index is 13.1. The molecule has 0 aliphatic rings. The molecule has 0 N–H and O–H groups in total. The van der Waals surface area contributed by atoms with Gasteiger partial charge in [0.1, 0.15) is 35.5 Å². The smallest absolute Gasteiger partial charge is 0.343 e. The van der Waals surface area contributed by atoms with Gasteiger partial charge in [-0.25, -0.2) is 13.9 Å². The van der Waals surface area contributed by atoms with E-state index < -0.39 is 5.97 Å². The predicted molar refractivity (Wildman–Crippen MR) is 105 cm³/mol. The van der Waals surface area contributed by atoms with Gasteiger partial charge in [-0.3, -0.25) is 0 Å². The molecule has 28 heavy (non-hydrogen) atoms. The SMILES string of the molecule is Cc1cccc(C)c1OCCOC(=O)c1c(C)nn(-c2ccc(F)cc2)c1Cl. The van der Waals surface area contributed by atoms with E-state index in [0.29, 0.717) is 11.4 Å². The van der Waals surface area contributed by atoms with Crippen LogP contribution in [0.15, 0.2) is 42.5 Å². The highest BCUT2D eigenvalue weighted by molar-refractivity contribution is 6.33. The van der Waals surface area contributed by atoms with Gasteiger partial charge < -0.3 is 9.47 Å². The van der Waals surface area contributed by atoms with Gasteiger partial charge in [-0.2, -0.15) is 5.10 Å². The molecule has 0 amide bonds. The Morgan fingerprint density at radius 1 is 1.07 bits per heavy atom. The van der Waals surface area contributed by atoms with E-state index in [0.717, 1.165) is 16.9 Å². The van der Waals surface area contributed by atoms with Crippen LogP contribution in [0.2, 0.25) is 5.15 Å². The summed E-state index contributed by atoms with van der Waals surface area (Å²) in [5.41, 5.74) is 3.19. The van der Waals surface area contributed by atoms with Gasteiger partial charge in [0, 0.05) is 0 Å². The Balaban J connectivity index is 1.65. The van der Waals surface area contributed by atoms with Crippen LogP contribution < -0.4 is 4.74 Å². The number of ether oxygens (including phenoxy) is 2. The minimum absolute atomic E-state index is 0.0735. The molecule has 0 aliphatic heterocycles. The number of aryl methyl sites for hydroxylation is 3. The van der Waals surface area contributed by atoms with Crippen molar-refractivity contribution in [2.45, 2.75) is 20.8 Å². The number of nitrogens with zero attached hydrogens (tertiary/aromatic N) is 2.